The van der Waals surface area contributed by atoms with Crippen LogP contribution in [0.15, 0.2) is 48.5 Å². The van der Waals surface area contributed by atoms with Gasteiger partial charge in [-0.3, -0.25) is 4.79 Å². The average Bonchev–Trinajstić information content (AvgIpc) is 3.05. The van der Waals surface area contributed by atoms with Crippen LogP contribution < -0.4 is 0 Å². The number of nitrogens with zero attached hydrogens (tertiary/aromatic N) is 1. The lowest BCUT2D eigenvalue weighted by Gasteiger charge is -2.27. The maximum absolute atomic E-state index is 13.0. The van der Waals surface area contributed by atoms with Crippen LogP contribution in [0.3, 0.4) is 0 Å². The molecule has 3 rings (SSSR count). The number of hydrogen-bond donors (Lipinski definition) is 0. The largest absolute Gasteiger partial charge is 0.331 e. The summed E-state index contributed by atoms with van der Waals surface area (Å²) in [7, 11) is -3.12. The molecule has 0 bridgehead atoms. The van der Waals surface area contributed by atoms with Crippen molar-refractivity contribution in [2.45, 2.75) is 38.8 Å². The molecule has 30 heavy (non-hydrogen) atoms. The van der Waals surface area contributed by atoms with Gasteiger partial charge in [0, 0.05) is 28.7 Å². The number of rotatable bonds is 6. The first-order valence-corrected chi connectivity index (χ1v) is 12.5. The van der Waals surface area contributed by atoms with Crippen LogP contribution in [-0.2, 0) is 21.2 Å². The first kappa shape index (κ1) is 22.9. The van der Waals surface area contributed by atoms with E-state index in [0.717, 1.165) is 5.56 Å². The van der Waals surface area contributed by atoms with Gasteiger partial charge in [0.15, 0.2) is 9.84 Å². The summed E-state index contributed by atoms with van der Waals surface area (Å²) in [6, 6.07) is 12.8. The van der Waals surface area contributed by atoms with Crippen LogP contribution >= 0.6 is 23.2 Å². The molecule has 1 atom stereocenters. The molecule has 2 aromatic carbocycles. The highest BCUT2D eigenvalue weighted by molar-refractivity contribution is 7.91. The minimum absolute atomic E-state index is 0.00163. The van der Waals surface area contributed by atoms with Crippen molar-refractivity contribution in [1.82, 2.24) is 4.90 Å². The Labute approximate surface area is 188 Å². The van der Waals surface area contributed by atoms with Crippen molar-refractivity contribution >= 4 is 45.0 Å². The van der Waals surface area contributed by atoms with E-state index < -0.39 is 9.84 Å². The van der Waals surface area contributed by atoms with E-state index in [9.17, 15) is 13.2 Å². The fraction of sp³-hybridized carbons (Fsp3) is 0.348. The van der Waals surface area contributed by atoms with Crippen LogP contribution in [0.25, 0.3) is 6.08 Å². The lowest BCUT2D eigenvalue weighted by atomic mass is 10.0. The van der Waals surface area contributed by atoms with Crippen LogP contribution in [-0.4, -0.2) is 36.8 Å². The third-order valence-corrected chi connectivity index (χ3v) is 7.61. The van der Waals surface area contributed by atoms with Crippen LogP contribution in [0, 0.1) is 0 Å². The number of amides is 1. The summed E-state index contributed by atoms with van der Waals surface area (Å²) in [4.78, 5) is 14.7. The van der Waals surface area contributed by atoms with Gasteiger partial charge in [0.25, 0.3) is 0 Å². The van der Waals surface area contributed by atoms with Crippen molar-refractivity contribution in [3.05, 3.63) is 75.3 Å². The smallest absolute Gasteiger partial charge is 0.247 e. The van der Waals surface area contributed by atoms with Crippen LogP contribution in [0.4, 0.5) is 0 Å². The Morgan fingerprint density at radius 1 is 1.17 bits per heavy atom. The monoisotopic (exact) mass is 465 g/mol. The van der Waals surface area contributed by atoms with E-state index in [4.69, 9.17) is 23.2 Å². The summed E-state index contributed by atoms with van der Waals surface area (Å²) in [5, 5.41) is 0.969. The minimum Gasteiger partial charge on any atom is -0.331 e. The van der Waals surface area contributed by atoms with Gasteiger partial charge in [-0.15, -0.1) is 0 Å². The zero-order valence-electron chi connectivity index (χ0n) is 17.0. The number of carbonyl (C=O) groups is 1. The quantitative estimate of drug-likeness (QED) is 0.540. The normalized spacial score (nSPS) is 18.2. The van der Waals surface area contributed by atoms with Crippen molar-refractivity contribution < 1.29 is 13.2 Å². The summed E-state index contributed by atoms with van der Waals surface area (Å²) in [6.45, 7) is 4.61. The Hall–Kier alpha value is -1.82. The molecule has 1 unspecified atom stereocenters. The van der Waals surface area contributed by atoms with E-state index in [1.807, 2.05) is 12.1 Å². The summed E-state index contributed by atoms with van der Waals surface area (Å²) in [5.41, 5.74) is 2.86. The molecule has 160 valence electrons. The van der Waals surface area contributed by atoms with E-state index in [2.05, 4.69) is 26.0 Å². The van der Waals surface area contributed by atoms with Crippen molar-refractivity contribution in [2.75, 3.05) is 11.5 Å². The van der Waals surface area contributed by atoms with Crippen LogP contribution in [0.5, 0.6) is 0 Å². The number of carbonyl (C=O) groups excluding carboxylic acids is 1. The highest BCUT2D eigenvalue weighted by Gasteiger charge is 2.34. The molecule has 2 aromatic rings. The SMILES string of the molecule is CC(C)c1ccc(CN(C(=O)/C=C/c2ccc(Cl)cc2Cl)C2CCS(=O)(=O)C2)cc1. The number of halogens is 2. The van der Waals surface area contributed by atoms with E-state index >= 15 is 0 Å². The van der Waals surface area contributed by atoms with Gasteiger partial charge >= 0.3 is 0 Å². The van der Waals surface area contributed by atoms with E-state index in [0.29, 0.717) is 34.5 Å². The summed E-state index contributed by atoms with van der Waals surface area (Å²) < 4.78 is 24.0. The van der Waals surface area contributed by atoms with Crippen molar-refractivity contribution in [2.24, 2.45) is 0 Å². The molecular weight excluding hydrogens is 441 g/mol. The second-order valence-corrected chi connectivity index (χ2v) is 11.0. The fourth-order valence-electron chi connectivity index (χ4n) is 3.51. The highest BCUT2D eigenvalue weighted by atomic mass is 35.5. The molecule has 1 fully saturated rings. The lowest BCUT2D eigenvalue weighted by Crippen LogP contribution is -2.39. The molecule has 1 saturated heterocycles. The Bertz CT molecular complexity index is 1050. The summed E-state index contributed by atoms with van der Waals surface area (Å²) in [5.74, 6) is 0.290. The number of benzene rings is 2. The van der Waals surface area contributed by atoms with Crippen molar-refractivity contribution in [3.8, 4) is 0 Å². The molecule has 7 heteroatoms. The molecule has 0 radical (unpaired) electrons. The van der Waals surface area contributed by atoms with Gasteiger partial charge in [-0.1, -0.05) is 67.4 Å². The molecule has 0 aliphatic carbocycles. The van der Waals surface area contributed by atoms with E-state index in [1.165, 1.54) is 11.6 Å². The van der Waals surface area contributed by atoms with Gasteiger partial charge in [-0.25, -0.2) is 8.42 Å². The molecular formula is C23H25Cl2NO3S. The molecule has 0 saturated carbocycles. The average molecular weight is 466 g/mol. The molecule has 4 nitrogen and oxygen atoms in total. The molecule has 1 heterocycles. The van der Waals surface area contributed by atoms with Crippen LogP contribution in [0.1, 0.15) is 42.9 Å². The molecule has 0 aromatic heterocycles. The second-order valence-electron chi connectivity index (χ2n) is 7.92. The van der Waals surface area contributed by atoms with Gasteiger partial charge in [0.05, 0.1) is 11.5 Å². The Balaban J connectivity index is 1.83. The topological polar surface area (TPSA) is 54.5 Å². The maximum atomic E-state index is 13.0. The number of hydrogen-bond acceptors (Lipinski definition) is 3. The lowest BCUT2D eigenvalue weighted by molar-refractivity contribution is -0.128. The van der Waals surface area contributed by atoms with Gasteiger partial charge in [0.2, 0.25) is 5.91 Å². The summed E-state index contributed by atoms with van der Waals surface area (Å²) in [6.07, 6.45) is 3.54. The molecule has 0 spiro atoms. The predicted octanol–water partition coefficient (Wildman–Crippen LogP) is 5.35. The van der Waals surface area contributed by atoms with E-state index in [1.54, 1.807) is 29.2 Å². The van der Waals surface area contributed by atoms with Crippen molar-refractivity contribution in [1.29, 1.82) is 0 Å². The van der Waals surface area contributed by atoms with Gasteiger partial charge in [-0.05, 0) is 47.2 Å². The zero-order valence-corrected chi connectivity index (χ0v) is 19.3. The Morgan fingerprint density at radius 2 is 1.87 bits per heavy atom. The third kappa shape index (κ3) is 5.87. The third-order valence-electron chi connectivity index (χ3n) is 5.30. The predicted molar refractivity (Wildman–Crippen MR) is 124 cm³/mol. The Morgan fingerprint density at radius 3 is 2.43 bits per heavy atom. The summed E-state index contributed by atoms with van der Waals surface area (Å²) >= 11 is 12.1. The minimum atomic E-state index is -3.12. The Kier molecular flexibility index (Phi) is 7.27. The zero-order chi connectivity index (χ0) is 21.9. The molecule has 1 aliphatic heterocycles. The van der Waals surface area contributed by atoms with E-state index in [-0.39, 0.29) is 23.5 Å². The standard InChI is InChI=1S/C23H25Cl2NO3S/c1-16(2)18-5-3-17(4-6-18)14-26(21-11-12-30(28,29)15-21)23(27)10-8-19-7-9-20(24)13-22(19)25/h3-10,13,16,21H,11-12,14-15H2,1-2H3/b10-8+. The van der Waals surface area contributed by atoms with Crippen LogP contribution in [0.2, 0.25) is 10.0 Å². The first-order chi connectivity index (χ1) is 14.1. The molecule has 1 aliphatic rings. The molecule has 1 amide bonds. The van der Waals surface area contributed by atoms with Crippen molar-refractivity contribution in [3.63, 3.8) is 0 Å². The number of sulfone groups is 1. The molecule has 0 N–H and O–H groups in total. The fourth-order valence-corrected chi connectivity index (χ4v) is 5.71. The van der Waals surface area contributed by atoms with Gasteiger partial charge in [0.1, 0.15) is 0 Å². The second kappa shape index (κ2) is 9.54. The van der Waals surface area contributed by atoms with Gasteiger partial charge in [-0.2, -0.15) is 0 Å². The first-order valence-electron chi connectivity index (χ1n) is 9.87. The maximum Gasteiger partial charge on any atom is 0.247 e. The van der Waals surface area contributed by atoms with Gasteiger partial charge < -0.3 is 4.90 Å². The highest BCUT2D eigenvalue weighted by Crippen LogP contribution is 2.24.